The van der Waals surface area contributed by atoms with Gasteiger partial charge in [-0.05, 0) is 43.0 Å². The van der Waals surface area contributed by atoms with Gasteiger partial charge in [0, 0.05) is 34.6 Å². The highest BCUT2D eigenvalue weighted by molar-refractivity contribution is 7.19. The smallest absolute Gasteiger partial charge is 0.132 e. The molecule has 2 N–H and O–H groups in total. The predicted molar refractivity (Wildman–Crippen MR) is 83.3 cm³/mol. The molecule has 1 heterocycles. The molecule has 1 fully saturated rings. The van der Waals surface area contributed by atoms with E-state index < -0.39 is 0 Å². The fourth-order valence-electron chi connectivity index (χ4n) is 2.94. The Kier molecular flexibility index (Phi) is 3.80. The fraction of sp³-hybridized carbons (Fsp3) is 0.500. The molecule has 0 spiro atoms. The maximum atomic E-state index is 14.1. The topological polar surface area (TPSA) is 29.3 Å². The second-order valence-electron chi connectivity index (χ2n) is 5.99. The van der Waals surface area contributed by atoms with Crippen LogP contribution in [0.2, 0.25) is 0 Å². The van der Waals surface area contributed by atoms with E-state index in [4.69, 9.17) is 5.73 Å². The van der Waals surface area contributed by atoms with E-state index >= 15 is 0 Å². The highest BCUT2D eigenvalue weighted by Gasteiger charge is 2.33. The van der Waals surface area contributed by atoms with Crippen molar-refractivity contribution in [2.24, 2.45) is 17.6 Å². The molecule has 0 bridgehead atoms. The van der Waals surface area contributed by atoms with Gasteiger partial charge >= 0.3 is 0 Å². The van der Waals surface area contributed by atoms with Crippen molar-refractivity contribution in [2.75, 3.05) is 13.6 Å². The van der Waals surface area contributed by atoms with Gasteiger partial charge in [0.1, 0.15) is 5.82 Å². The zero-order valence-electron chi connectivity index (χ0n) is 12.0. The molecule has 2 unspecified atom stereocenters. The average Bonchev–Trinajstić information content (AvgIpc) is 2.97. The van der Waals surface area contributed by atoms with Crippen molar-refractivity contribution in [1.82, 2.24) is 4.90 Å². The van der Waals surface area contributed by atoms with Gasteiger partial charge in [-0.15, -0.1) is 11.3 Å². The highest BCUT2D eigenvalue weighted by Crippen LogP contribution is 2.39. The summed E-state index contributed by atoms with van der Waals surface area (Å²) in [6.07, 6.45) is 1.33. The molecule has 1 aromatic heterocycles. The molecule has 20 heavy (non-hydrogen) atoms. The average molecular weight is 292 g/mol. The Balaban J connectivity index is 1.88. The largest absolute Gasteiger partial charge is 0.326 e. The molecular weight excluding hydrogens is 271 g/mol. The number of rotatable bonds is 5. The molecule has 0 saturated heterocycles. The van der Waals surface area contributed by atoms with Gasteiger partial charge < -0.3 is 10.6 Å². The summed E-state index contributed by atoms with van der Waals surface area (Å²) in [6, 6.07) is 5.30. The van der Waals surface area contributed by atoms with Crippen molar-refractivity contribution in [3.8, 4) is 0 Å². The Morgan fingerprint density at radius 1 is 1.45 bits per heavy atom. The van der Waals surface area contributed by atoms with E-state index in [1.54, 1.807) is 23.5 Å². The number of halogens is 1. The molecule has 0 amide bonds. The number of nitrogens with two attached hydrogens (primary N) is 1. The van der Waals surface area contributed by atoms with Crippen LogP contribution in [0.25, 0.3) is 10.1 Å². The van der Waals surface area contributed by atoms with Gasteiger partial charge in [0.25, 0.3) is 0 Å². The molecule has 0 radical (unpaired) electrons. The molecule has 0 aliphatic heterocycles. The van der Waals surface area contributed by atoms with E-state index in [0.29, 0.717) is 6.54 Å². The molecule has 1 aromatic carbocycles. The Bertz CT molecular complexity index is 622. The summed E-state index contributed by atoms with van der Waals surface area (Å²) in [5.74, 6) is 1.54. The van der Waals surface area contributed by atoms with E-state index in [9.17, 15) is 4.39 Å². The SMILES string of the molecule is CC1CC1CN(C)Cc1c(CN)sc2cccc(F)c12. The molecule has 1 aliphatic carbocycles. The molecule has 3 rings (SSSR count). The number of benzene rings is 1. The number of hydrogen-bond donors (Lipinski definition) is 1. The first-order chi connectivity index (χ1) is 9.60. The van der Waals surface area contributed by atoms with Crippen molar-refractivity contribution < 1.29 is 4.39 Å². The van der Waals surface area contributed by atoms with Crippen molar-refractivity contribution in [3.05, 3.63) is 34.5 Å². The fourth-order valence-corrected chi connectivity index (χ4v) is 4.04. The van der Waals surface area contributed by atoms with Crippen LogP contribution in [0.3, 0.4) is 0 Å². The lowest BCUT2D eigenvalue weighted by Crippen LogP contribution is -2.21. The molecule has 4 heteroatoms. The second kappa shape index (κ2) is 5.43. The van der Waals surface area contributed by atoms with E-state index in [1.807, 2.05) is 6.07 Å². The maximum absolute atomic E-state index is 14.1. The van der Waals surface area contributed by atoms with Crippen LogP contribution in [0.4, 0.5) is 4.39 Å². The maximum Gasteiger partial charge on any atom is 0.132 e. The Hall–Kier alpha value is -0.970. The summed E-state index contributed by atoms with van der Waals surface area (Å²) >= 11 is 1.62. The number of fused-ring (bicyclic) bond motifs is 1. The predicted octanol–water partition coefficient (Wildman–Crippen LogP) is 3.59. The molecule has 1 aliphatic rings. The minimum absolute atomic E-state index is 0.123. The minimum atomic E-state index is -0.123. The van der Waals surface area contributed by atoms with Crippen LogP contribution in [0.15, 0.2) is 18.2 Å². The summed E-state index contributed by atoms with van der Waals surface area (Å²) in [5, 5.41) is 0.772. The molecule has 2 aromatic rings. The summed E-state index contributed by atoms with van der Waals surface area (Å²) in [5.41, 5.74) is 6.93. The number of thiophene rings is 1. The number of nitrogens with zero attached hydrogens (tertiary/aromatic N) is 1. The van der Waals surface area contributed by atoms with Crippen LogP contribution in [-0.2, 0) is 13.1 Å². The van der Waals surface area contributed by atoms with Crippen LogP contribution < -0.4 is 5.73 Å². The van der Waals surface area contributed by atoms with Crippen molar-refractivity contribution in [1.29, 1.82) is 0 Å². The molecule has 2 nitrogen and oxygen atoms in total. The summed E-state index contributed by atoms with van der Waals surface area (Å²) < 4.78 is 15.1. The van der Waals surface area contributed by atoms with Gasteiger partial charge in [-0.3, -0.25) is 0 Å². The van der Waals surface area contributed by atoms with Crippen LogP contribution >= 0.6 is 11.3 Å². The Labute approximate surface area is 123 Å². The standard InChI is InChI=1S/C16H21FN2S/c1-10-6-11(10)8-19(2)9-12-15(7-18)20-14-5-3-4-13(17)16(12)14/h3-5,10-11H,6-9,18H2,1-2H3. The third-order valence-corrected chi connectivity index (χ3v) is 5.50. The van der Waals surface area contributed by atoms with Crippen molar-refractivity contribution in [3.63, 3.8) is 0 Å². The quantitative estimate of drug-likeness (QED) is 0.912. The van der Waals surface area contributed by atoms with Crippen molar-refractivity contribution >= 4 is 21.4 Å². The molecule has 1 saturated carbocycles. The molecule has 108 valence electrons. The Morgan fingerprint density at radius 3 is 2.85 bits per heavy atom. The summed E-state index contributed by atoms with van der Waals surface area (Å²) in [7, 11) is 2.12. The zero-order chi connectivity index (χ0) is 14.3. The van der Waals surface area contributed by atoms with Gasteiger partial charge in [-0.25, -0.2) is 4.39 Å². The van der Waals surface area contributed by atoms with Gasteiger partial charge in [0.2, 0.25) is 0 Å². The van der Waals surface area contributed by atoms with Gasteiger partial charge in [-0.2, -0.15) is 0 Å². The first kappa shape index (κ1) is 14.0. The zero-order valence-corrected chi connectivity index (χ0v) is 12.8. The van der Waals surface area contributed by atoms with E-state index in [-0.39, 0.29) is 5.82 Å². The third-order valence-electron chi connectivity index (χ3n) is 4.28. The van der Waals surface area contributed by atoms with Gasteiger partial charge in [0.05, 0.1) is 0 Å². The first-order valence-electron chi connectivity index (χ1n) is 7.17. The molecule has 2 atom stereocenters. The number of hydrogen-bond acceptors (Lipinski definition) is 3. The normalized spacial score (nSPS) is 21.9. The van der Waals surface area contributed by atoms with Gasteiger partial charge in [0.15, 0.2) is 0 Å². The first-order valence-corrected chi connectivity index (χ1v) is 7.99. The summed E-state index contributed by atoms with van der Waals surface area (Å²) in [4.78, 5) is 3.42. The van der Waals surface area contributed by atoms with Crippen LogP contribution in [0.5, 0.6) is 0 Å². The lowest BCUT2D eigenvalue weighted by Gasteiger charge is -2.17. The minimum Gasteiger partial charge on any atom is -0.326 e. The third kappa shape index (κ3) is 2.60. The highest BCUT2D eigenvalue weighted by atomic mass is 32.1. The van der Waals surface area contributed by atoms with Gasteiger partial charge in [-0.1, -0.05) is 13.0 Å². The lowest BCUT2D eigenvalue weighted by molar-refractivity contribution is 0.308. The van der Waals surface area contributed by atoms with Crippen LogP contribution in [0, 0.1) is 17.7 Å². The summed E-state index contributed by atoms with van der Waals surface area (Å²) in [6.45, 7) is 4.67. The monoisotopic (exact) mass is 292 g/mol. The molecular formula is C16H21FN2S. The van der Waals surface area contributed by atoms with E-state index in [1.165, 1.54) is 6.42 Å². The van der Waals surface area contributed by atoms with E-state index in [0.717, 1.165) is 45.5 Å². The van der Waals surface area contributed by atoms with E-state index in [2.05, 4.69) is 18.9 Å². The Morgan fingerprint density at radius 2 is 2.20 bits per heavy atom. The lowest BCUT2D eigenvalue weighted by atomic mass is 10.1. The second-order valence-corrected chi connectivity index (χ2v) is 7.13. The van der Waals surface area contributed by atoms with Crippen LogP contribution in [-0.4, -0.2) is 18.5 Å². The van der Waals surface area contributed by atoms with Crippen molar-refractivity contribution in [2.45, 2.75) is 26.4 Å². The van der Waals surface area contributed by atoms with Crippen LogP contribution in [0.1, 0.15) is 23.8 Å².